The first-order valence-electron chi connectivity index (χ1n) is 10.2. The second-order valence-corrected chi connectivity index (χ2v) is 7.55. The van der Waals surface area contributed by atoms with Crippen molar-refractivity contribution in [1.29, 1.82) is 0 Å². The minimum Gasteiger partial charge on any atom is -0.462 e. The van der Waals surface area contributed by atoms with Crippen molar-refractivity contribution >= 4 is 18.0 Å². The van der Waals surface area contributed by atoms with Crippen LogP contribution in [0.1, 0.15) is 64.0 Å². The lowest BCUT2D eigenvalue weighted by Gasteiger charge is -2.30. The van der Waals surface area contributed by atoms with Crippen molar-refractivity contribution in [1.82, 2.24) is 10.6 Å². The van der Waals surface area contributed by atoms with Gasteiger partial charge in [-0.2, -0.15) is 0 Å². The average Bonchev–Trinajstić information content (AvgIpc) is 2.71. The first-order chi connectivity index (χ1) is 14.0. The Hall–Kier alpha value is -2.83. The first-order valence-corrected chi connectivity index (χ1v) is 10.2. The molecule has 0 spiro atoms. The molecule has 7 nitrogen and oxygen atoms in total. The molecule has 1 heterocycles. The molecule has 1 atom stereocenters. The molecule has 1 aromatic carbocycles. The predicted molar refractivity (Wildman–Crippen MR) is 107 cm³/mol. The Morgan fingerprint density at radius 3 is 2.62 bits per heavy atom. The highest BCUT2D eigenvalue weighted by molar-refractivity contribution is 5.95. The van der Waals surface area contributed by atoms with Gasteiger partial charge in [0, 0.05) is 12.6 Å². The smallest absolute Gasteiger partial charge is 0.338 e. The fraction of sp³-hybridized carbons (Fsp3) is 0.500. The normalized spacial score (nSPS) is 19.9. The average molecular weight is 400 g/mol. The number of hydrogen-bond acceptors (Lipinski definition) is 5. The Bertz CT molecular complexity index is 811. The topological polar surface area (TPSA) is 93.7 Å². The standard InChI is InChI=1S/C22H28N2O5/c1-3-18-19(21(26)28-13-15-8-5-4-6-9-15)20(24-22(27)23-18)16-10-7-11-17(12-16)29-14(2)25/h7,10-12,15,20H,3-6,8-9,13H2,1-2H3,(H2,23,24,27)/t20-/m0/s1. The highest BCUT2D eigenvalue weighted by Gasteiger charge is 2.33. The van der Waals surface area contributed by atoms with Crippen LogP contribution in [-0.2, 0) is 14.3 Å². The summed E-state index contributed by atoms with van der Waals surface area (Å²) < 4.78 is 10.8. The van der Waals surface area contributed by atoms with Crippen LogP contribution < -0.4 is 15.4 Å². The molecule has 3 rings (SSSR count). The quantitative estimate of drug-likeness (QED) is 0.560. The number of carbonyl (C=O) groups excluding carboxylic acids is 3. The molecule has 0 unspecified atom stereocenters. The maximum atomic E-state index is 13.0. The largest absolute Gasteiger partial charge is 0.462 e. The van der Waals surface area contributed by atoms with Crippen molar-refractivity contribution in [3.8, 4) is 5.75 Å². The summed E-state index contributed by atoms with van der Waals surface area (Å²) in [4.78, 5) is 36.4. The summed E-state index contributed by atoms with van der Waals surface area (Å²) in [5.41, 5.74) is 1.59. The highest BCUT2D eigenvalue weighted by Crippen LogP contribution is 2.31. The molecule has 1 aliphatic heterocycles. The third kappa shape index (κ3) is 5.37. The fourth-order valence-electron chi connectivity index (χ4n) is 3.94. The van der Waals surface area contributed by atoms with Crippen molar-refractivity contribution in [2.75, 3.05) is 6.61 Å². The maximum Gasteiger partial charge on any atom is 0.338 e. The van der Waals surface area contributed by atoms with Gasteiger partial charge in [-0.25, -0.2) is 9.59 Å². The summed E-state index contributed by atoms with van der Waals surface area (Å²) in [6.07, 6.45) is 6.24. The third-order valence-electron chi connectivity index (χ3n) is 5.35. The van der Waals surface area contributed by atoms with Crippen molar-refractivity contribution in [2.24, 2.45) is 5.92 Å². The number of carbonyl (C=O) groups is 3. The van der Waals surface area contributed by atoms with Gasteiger partial charge in [-0.15, -0.1) is 0 Å². The molecular weight excluding hydrogens is 372 g/mol. The van der Waals surface area contributed by atoms with Crippen molar-refractivity contribution in [3.63, 3.8) is 0 Å². The lowest BCUT2D eigenvalue weighted by Crippen LogP contribution is -2.46. The van der Waals surface area contributed by atoms with E-state index in [4.69, 9.17) is 9.47 Å². The Kier molecular flexibility index (Phi) is 6.90. The van der Waals surface area contributed by atoms with Gasteiger partial charge in [0.1, 0.15) is 5.75 Å². The number of allylic oxidation sites excluding steroid dienone is 1. The van der Waals surface area contributed by atoms with Crippen LogP contribution in [0, 0.1) is 5.92 Å². The Morgan fingerprint density at radius 1 is 1.17 bits per heavy atom. The lowest BCUT2D eigenvalue weighted by atomic mass is 9.90. The summed E-state index contributed by atoms with van der Waals surface area (Å²) in [6.45, 7) is 3.59. The van der Waals surface area contributed by atoms with Gasteiger partial charge in [0.2, 0.25) is 0 Å². The number of urea groups is 1. The van der Waals surface area contributed by atoms with E-state index in [2.05, 4.69) is 10.6 Å². The van der Waals surface area contributed by atoms with Crippen LogP contribution in [0.3, 0.4) is 0 Å². The van der Waals surface area contributed by atoms with Gasteiger partial charge in [-0.3, -0.25) is 4.79 Å². The van der Waals surface area contributed by atoms with Crippen LogP contribution in [0.2, 0.25) is 0 Å². The van der Waals surface area contributed by atoms with E-state index in [-0.39, 0.29) is 6.03 Å². The van der Waals surface area contributed by atoms with Gasteiger partial charge in [-0.05, 0) is 42.9 Å². The fourth-order valence-corrected chi connectivity index (χ4v) is 3.94. The summed E-state index contributed by atoms with van der Waals surface area (Å²) in [5, 5.41) is 5.52. The van der Waals surface area contributed by atoms with Crippen molar-refractivity contribution < 1.29 is 23.9 Å². The molecule has 1 aliphatic carbocycles. The third-order valence-corrected chi connectivity index (χ3v) is 5.35. The van der Waals surface area contributed by atoms with Crippen LogP contribution in [0.15, 0.2) is 35.5 Å². The van der Waals surface area contributed by atoms with Gasteiger partial charge >= 0.3 is 18.0 Å². The van der Waals surface area contributed by atoms with Crippen LogP contribution in [0.25, 0.3) is 0 Å². The summed E-state index contributed by atoms with van der Waals surface area (Å²) in [6, 6.07) is 5.75. The van der Waals surface area contributed by atoms with E-state index < -0.39 is 18.0 Å². The molecule has 156 valence electrons. The van der Waals surface area contributed by atoms with E-state index in [1.165, 1.54) is 26.2 Å². The number of nitrogens with one attached hydrogen (secondary N) is 2. The molecule has 2 amide bonds. The molecule has 2 aliphatic rings. The number of hydrogen-bond donors (Lipinski definition) is 2. The molecule has 1 saturated carbocycles. The molecule has 1 fully saturated rings. The lowest BCUT2D eigenvalue weighted by molar-refractivity contribution is -0.141. The number of rotatable bonds is 6. The molecule has 29 heavy (non-hydrogen) atoms. The maximum absolute atomic E-state index is 13.0. The van der Waals surface area contributed by atoms with Crippen LogP contribution in [0.5, 0.6) is 5.75 Å². The van der Waals surface area contributed by atoms with E-state index in [0.717, 1.165) is 12.8 Å². The molecule has 2 N–H and O–H groups in total. The van der Waals surface area contributed by atoms with Crippen molar-refractivity contribution in [3.05, 3.63) is 41.1 Å². The van der Waals surface area contributed by atoms with Gasteiger partial charge in [-0.1, -0.05) is 38.3 Å². The highest BCUT2D eigenvalue weighted by atomic mass is 16.5. The zero-order chi connectivity index (χ0) is 20.8. The van der Waals surface area contributed by atoms with Crippen molar-refractivity contribution in [2.45, 2.75) is 58.4 Å². The number of esters is 2. The molecule has 0 bridgehead atoms. The first kappa shape index (κ1) is 20.9. The molecule has 0 radical (unpaired) electrons. The molecule has 1 aromatic rings. The Balaban J connectivity index is 1.84. The monoisotopic (exact) mass is 400 g/mol. The molecule has 7 heteroatoms. The Morgan fingerprint density at radius 2 is 1.93 bits per heavy atom. The predicted octanol–water partition coefficient (Wildman–Crippen LogP) is 3.75. The minimum absolute atomic E-state index is 0.357. The van der Waals surface area contributed by atoms with E-state index >= 15 is 0 Å². The Labute approximate surface area is 170 Å². The van der Waals surface area contributed by atoms with E-state index in [1.54, 1.807) is 24.3 Å². The molecular formula is C22H28N2O5. The SMILES string of the molecule is CCC1=C(C(=O)OCC2CCCCC2)[C@H](c2cccc(OC(C)=O)c2)NC(=O)N1. The molecule has 0 saturated heterocycles. The van der Waals surface area contributed by atoms with Gasteiger partial charge < -0.3 is 20.1 Å². The van der Waals surface area contributed by atoms with Crippen LogP contribution in [0.4, 0.5) is 4.79 Å². The summed E-state index contributed by atoms with van der Waals surface area (Å²) >= 11 is 0. The van der Waals surface area contributed by atoms with E-state index in [0.29, 0.717) is 41.5 Å². The summed E-state index contributed by atoms with van der Waals surface area (Å²) in [7, 11) is 0. The van der Waals surface area contributed by atoms with E-state index in [1.807, 2.05) is 6.92 Å². The van der Waals surface area contributed by atoms with Gasteiger partial charge in [0.05, 0.1) is 18.2 Å². The molecule has 0 aromatic heterocycles. The minimum atomic E-state index is -0.673. The number of ether oxygens (including phenoxy) is 2. The van der Waals surface area contributed by atoms with Crippen LogP contribution in [-0.4, -0.2) is 24.6 Å². The van der Waals surface area contributed by atoms with Gasteiger partial charge in [0.25, 0.3) is 0 Å². The van der Waals surface area contributed by atoms with E-state index in [9.17, 15) is 14.4 Å². The number of amides is 2. The van der Waals surface area contributed by atoms with Gasteiger partial charge in [0.15, 0.2) is 0 Å². The summed E-state index contributed by atoms with van der Waals surface area (Å²) in [5.74, 6) is -0.109. The zero-order valence-electron chi connectivity index (χ0n) is 17.0. The number of benzene rings is 1. The zero-order valence-corrected chi connectivity index (χ0v) is 17.0. The van der Waals surface area contributed by atoms with Crippen LogP contribution >= 0.6 is 0 Å². The second-order valence-electron chi connectivity index (χ2n) is 7.55. The second kappa shape index (κ2) is 9.58.